The molecule has 0 aromatic heterocycles. The highest BCUT2D eigenvalue weighted by molar-refractivity contribution is 9.10. The Kier molecular flexibility index (Phi) is 6.34. The maximum atomic E-state index is 11.9. The molecule has 1 aliphatic rings. The van der Waals surface area contributed by atoms with Gasteiger partial charge in [-0.15, -0.1) is 0 Å². The van der Waals surface area contributed by atoms with Crippen molar-refractivity contribution in [1.29, 1.82) is 0 Å². The third-order valence-electron chi connectivity index (χ3n) is 3.78. The van der Waals surface area contributed by atoms with Crippen LogP contribution in [0.5, 0.6) is 0 Å². The zero-order chi connectivity index (χ0) is 17.0. The largest absolute Gasteiger partial charge is 0.444 e. The van der Waals surface area contributed by atoms with Gasteiger partial charge in [-0.25, -0.2) is 4.79 Å². The molecule has 1 amide bonds. The topological polar surface area (TPSA) is 50.4 Å². The van der Waals surface area contributed by atoms with E-state index in [1.165, 1.54) is 0 Å². The summed E-state index contributed by atoms with van der Waals surface area (Å²) in [5.74, 6) is 0. The van der Waals surface area contributed by atoms with E-state index in [0.717, 1.165) is 34.3 Å². The molecule has 6 heteroatoms. The second-order valence-electron chi connectivity index (χ2n) is 6.91. The van der Waals surface area contributed by atoms with Crippen LogP contribution < -0.4 is 10.6 Å². The van der Waals surface area contributed by atoms with Gasteiger partial charge in [-0.1, -0.05) is 27.5 Å². The molecule has 0 heterocycles. The minimum atomic E-state index is -0.475. The summed E-state index contributed by atoms with van der Waals surface area (Å²) in [6, 6.07) is 6.10. The number of halogens is 2. The molecule has 0 aliphatic heterocycles. The van der Waals surface area contributed by atoms with Gasteiger partial charge in [0.15, 0.2) is 0 Å². The van der Waals surface area contributed by atoms with E-state index in [9.17, 15) is 4.79 Å². The number of nitrogens with one attached hydrogen (secondary N) is 2. The molecule has 1 aromatic carbocycles. The molecule has 0 radical (unpaired) electrons. The molecule has 1 saturated carbocycles. The monoisotopic (exact) mass is 402 g/mol. The highest BCUT2D eigenvalue weighted by atomic mass is 79.9. The highest BCUT2D eigenvalue weighted by Gasteiger charge is 2.29. The molecule has 2 unspecified atom stereocenters. The lowest BCUT2D eigenvalue weighted by Gasteiger charge is -2.25. The highest BCUT2D eigenvalue weighted by Crippen LogP contribution is 2.24. The van der Waals surface area contributed by atoms with Crippen molar-refractivity contribution in [3.63, 3.8) is 0 Å². The summed E-state index contributed by atoms with van der Waals surface area (Å²) in [7, 11) is 0. The number of ether oxygens (including phenoxy) is 1. The molecule has 0 bridgehead atoms. The summed E-state index contributed by atoms with van der Waals surface area (Å²) < 4.78 is 6.37. The number of amides is 1. The van der Waals surface area contributed by atoms with Gasteiger partial charge in [0.1, 0.15) is 5.60 Å². The first-order chi connectivity index (χ1) is 10.7. The van der Waals surface area contributed by atoms with Crippen LogP contribution in [0.3, 0.4) is 0 Å². The molecular weight excluding hydrogens is 380 g/mol. The van der Waals surface area contributed by atoms with E-state index in [-0.39, 0.29) is 18.2 Å². The van der Waals surface area contributed by atoms with Gasteiger partial charge in [-0.2, -0.15) is 0 Å². The zero-order valence-electron chi connectivity index (χ0n) is 13.8. The summed E-state index contributed by atoms with van der Waals surface area (Å²) in [5, 5.41) is 7.23. The SMILES string of the molecule is CC(C)(C)OC(=O)NC1CCCC1NCc1cc(Cl)ccc1Br. The van der Waals surface area contributed by atoms with E-state index in [4.69, 9.17) is 16.3 Å². The van der Waals surface area contributed by atoms with Crippen LogP contribution >= 0.6 is 27.5 Å². The summed E-state index contributed by atoms with van der Waals surface area (Å²) in [6.45, 7) is 6.31. The fourth-order valence-corrected chi connectivity index (χ4v) is 3.34. The van der Waals surface area contributed by atoms with E-state index in [1.807, 2.05) is 39.0 Å². The Bertz CT molecular complexity index is 560. The fourth-order valence-electron chi connectivity index (χ4n) is 2.76. The Morgan fingerprint density at radius 3 is 2.74 bits per heavy atom. The Balaban J connectivity index is 1.89. The second-order valence-corrected chi connectivity index (χ2v) is 8.20. The van der Waals surface area contributed by atoms with E-state index in [1.54, 1.807) is 0 Å². The van der Waals surface area contributed by atoms with Crippen LogP contribution in [0.1, 0.15) is 45.6 Å². The summed E-state index contributed by atoms with van der Waals surface area (Å²) in [5.41, 5.74) is 0.637. The number of carbonyl (C=O) groups excluding carboxylic acids is 1. The number of hydrogen-bond donors (Lipinski definition) is 2. The average Bonchev–Trinajstić information content (AvgIpc) is 2.85. The lowest BCUT2D eigenvalue weighted by Crippen LogP contribution is -2.47. The van der Waals surface area contributed by atoms with Gasteiger partial charge in [-0.05, 0) is 63.8 Å². The van der Waals surface area contributed by atoms with Crippen LogP contribution in [0.25, 0.3) is 0 Å². The first-order valence-electron chi connectivity index (χ1n) is 7.91. The van der Waals surface area contributed by atoms with E-state index < -0.39 is 5.60 Å². The van der Waals surface area contributed by atoms with Gasteiger partial charge in [0.05, 0.1) is 0 Å². The molecule has 2 rings (SSSR count). The number of hydrogen-bond acceptors (Lipinski definition) is 3. The van der Waals surface area contributed by atoms with E-state index in [2.05, 4.69) is 26.6 Å². The van der Waals surface area contributed by atoms with E-state index >= 15 is 0 Å². The van der Waals surface area contributed by atoms with Gasteiger partial charge in [0.2, 0.25) is 0 Å². The van der Waals surface area contributed by atoms with Crippen LogP contribution in [0.2, 0.25) is 5.02 Å². The standard InChI is InChI=1S/C17H24BrClN2O2/c1-17(2,3)23-16(22)21-15-6-4-5-14(15)20-10-11-9-12(19)7-8-13(11)18/h7-9,14-15,20H,4-6,10H2,1-3H3,(H,21,22). The maximum Gasteiger partial charge on any atom is 0.407 e. The predicted octanol–water partition coefficient (Wildman–Crippen LogP) is 4.64. The lowest BCUT2D eigenvalue weighted by molar-refractivity contribution is 0.0498. The number of benzene rings is 1. The molecule has 2 N–H and O–H groups in total. The molecule has 23 heavy (non-hydrogen) atoms. The Morgan fingerprint density at radius 1 is 1.35 bits per heavy atom. The minimum Gasteiger partial charge on any atom is -0.444 e. The van der Waals surface area contributed by atoms with Gasteiger partial charge >= 0.3 is 6.09 Å². The van der Waals surface area contributed by atoms with Crippen LogP contribution in [-0.4, -0.2) is 23.8 Å². The summed E-state index contributed by atoms with van der Waals surface area (Å²) >= 11 is 9.59. The molecule has 128 valence electrons. The number of alkyl carbamates (subject to hydrolysis) is 1. The maximum absolute atomic E-state index is 11.9. The molecule has 0 spiro atoms. The molecule has 2 atom stereocenters. The van der Waals surface area contributed by atoms with Crippen LogP contribution in [0, 0.1) is 0 Å². The smallest absolute Gasteiger partial charge is 0.407 e. The third-order valence-corrected chi connectivity index (χ3v) is 4.79. The van der Waals surface area contributed by atoms with Crippen molar-refractivity contribution >= 4 is 33.6 Å². The zero-order valence-corrected chi connectivity index (χ0v) is 16.1. The Morgan fingerprint density at radius 2 is 2.04 bits per heavy atom. The van der Waals surface area contributed by atoms with Gasteiger partial charge in [-0.3, -0.25) is 0 Å². The van der Waals surface area contributed by atoms with Crippen LogP contribution in [-0.2, 0) is 11.3 Å². The van der Waals surface area contributed by atoms with Crippen molar-refractivity contribution in [2.24, 2.45) is 0 Å². The Hall–Kier alpha value is -0.780. The van der Waals surface area contributed by atoms with Gasteiger partial charge in [0, 0.05) is 28.1 Å². The van der Waals surface area contributed by atoms with Crippen molar-refractivity contribution < 1.29 is 9.53 Å². The molecule has 1 aromatic rings. The third kappa shape index (κ3) is 5.98. The summed E-state index contributed by atoms with van der Waals surface area (Å²) in [6.07, 6.45) is 2.75. The molecule has 1 aliphatic carbocycles. The summed E-state index contributed by atoms with van der Waals surface area (Å²) in [4.78, 5) is 11.9. The molecular formula is C17H24BrClN2O2. The second kappa shape index (κ2) is 7.86. The fraction of sp³-hybridized carbons (Fsp3) is 0.588. The van der Waals surface area contributed by atoms with Crippen molar-refractivity contribution in [2.75, 3.05) is 0 Å². The molecule has 1 fully saturated rings. The predicted molar refractivity (Wildman–Crippen MR) is 96.8 cm³/mol. The quantitative estimate of drug-likeness (QED) is 0.770. The van der Waals surface area contributed by atoms with Crippen molar-refractivity contribution in [3.05, 3.63) is 33.3 Å². The van der Waals surface area contributed by atoms with Crippen molar-refractivity contribution in [2.45, 2.75) is 64.3 Å². The molecule has 4 nitrogen and oxygen atoms in total. The van der Waals surface area contributed by atoms with Crippen LogP contribution in [0.15, 0.2) is 22.7 Å². The minimum absolute atomic E-state index is 0.0998. The number of carbonyl (C=O) groups is 1. The normalized spacial score (nSPS) is 21.3. The van der Waals surface area contributed by atoms with Crippen molar-refractivity contribution in [3.8, 4) is 0 Å². The van der Waals surface area contributed by atoms with E-state index in [0.29, 0.717) is 6.54 Å². The molecule has 0 saturated heterocycles. The Labute approximate surface area is 151 Å². The van der Waals surface area contributed by atoms with Crippen molar-refractivity contribution in [1.82, 2.24) is 10.6 Å². The first kappa shape index (κ1) is 18.6. The van der Waals surface area contributed by atoms with Crippen LogP contribution in [0.4, 0.5) is 4.79 Å². The van der Waals surface area contributed by atoms with Gasteiger partial charge < -0.3 is 15.4 Å². The first-order valence-corrected chi connectivity index (χ1v) is 9.08. The van der Waals surface area contributed by atoms with Gasteiger partial charge in [0.25, 0.3) is 0 Å². The number of rotatable bonds is 4. The average molecular weight is 404 g/mol. The lowest BCUT2D eigenvalue weighted by atomic mass is 10.1.